The molecule has 1 fully saturated rings. The lowest BCUT2D eigenvalue weighted by molar-refractivity contribution is 0.0602. The molecule has 1 aliphatic rings. The fraction of sp³-hybridized carbons (Fsp3) is 0.208. The van der Waals surface area contributed by atoms with Crippen molar-refractivity contribution in [3.8, 4) is 16.8 Å². The van der Waals surface area contributed by atoms with Crippen LogP contribution in [0.2, 0.25) is 0 Å². The molecular weight excluding hydrogens is 474 g/mol. The molecule has 0 unspecified atom stereocenters. The van der Waals surface area contributed by atoms with Crippen molar-refractivity contribution in [2.45, 2.75) is 0 Å². The summed E-state index contributed by atoms with van der Waals surface area (Å²) >= 11 is 2.91. The van der Waals surface area contributed by atoms with Crippen LogP contribution in [0.15, 0.2) is 55.8 Å². The number of anilines is 1. The van der Waals surface area contributed by atoms with Gasteiger partial charge in [-0.05, 0) is 6.07 Å². The van der Waals surface area contributed by atoms with Gasteiger partial charge in [0.1, 0.15) is 10.2 Å². The van der Waals surface area contributed by atoms with Crippen LogP contribution in [0, 0.1) is 0 Å². The number of aromatic nitrogens is 2. The largest absolute Gasteiger partial charge is 0.465 e. The highest BCUT2D eigenvalue weighted by Crippen LogP contribution is 2.39. The Kier molecular flexibility index (Phi) is 5.20. The van der Waals surface area contributed by atoms with E-state index in [2.05, 4.69) is 0 Å². The zero-order chi connectivity index (χ0) is 23.2. The summed E-state index contributed by atoms with van der Waals surface area (Å²) < 4.78 is 19.0. The van der Waals surface area contributed by atoms with Gasteiger partial charge in [-0.1, -0.05) is 12.1 Å². The highest BCUT2D eigenvalue weighted by atomic mass is 32.1. The van der Waals surface area contributed by atoms with E-state index in [0.29, 0.717) is 53.6 Å². The number of benzene rings is 1. The number of methoxy groups -OCH3 is 1. The second-order valence-electron chi connectivity index (χ2n) is 7.84. The summed E-state index contributed by atoms with van der Waals surface area (Å²) in [5, 5.41) is 11.5. The molecule has 5 aromatic rings. The smallest absolute Gasteiger partial charge is 0.340 e. The van der Waals surface area contributed by atoms with Gasteiger partial charge < -0.3 is 18.8 Å². The van der Waals surface area contributed by atoms with Crippen LogP contribution in [0.3, 0.4) is 0 Å². The van der Waals surface area contributed by atoms with Gasteiger partial charge >= 0.3 is 5.97 Å². The normalized spacial score (nSPS) is 14.2. The minimum absolute atomic E-state index is 0.0525. The molecule has 172 valence electrons. The zero-order valence-corrected chi connectivity index (χ0v) is 19.8. The minimum atomic E-state index is -0.428. The SMILES string of the molecule is COC(=O)c1cccc2cn(-c3cscc3-c3csc4c(=O)cc(N5CCOCC5)oc34)nc12. The van der Waals surface area contributed by atoms with Crippen molar-refractivity contribution in [2.24, 2.45) is 0 Å². The third-order valence-electron chi connectivity index (χ3n) is 5.87. The Balaban J connectivity index is 1.48. The Hall–Kier alpha value is -3.47. The highest BCUT2D eigenvalue weighted by molar-refractivity contribution is 7.17. The first kappa shape index (κ1) is 21.1. The lowest BCUT2D eigenvalue weighted by Crippen LogP contribution is -2.36. The number of nitrogens with zero attached hydrogens (tertiary/aromatic N) is 3. The number of hydrogen-bond donors (Lipinski definition) is 0. The molecular formula is C24H19N3O5S2. The summed E-state index contributed by atoms with van der Waals surface area (Å²) in [5.74, 6) is 0.132. The molecule has 10 heteroatoms. The van der Waals surface area contributed by atoms with E-state index in [1.807, 2.05) is 39.4 Å². The number of morpholine rings is 1. The highest BCUT2D eigenvalue weighted by Gasteiger charge is 2.21. The predicted molar refractivity (Wildman–Crippen MR) is 133 cm³/mol. The van der Waals surface area contributed by atoms with Gasteiger partial charge in [0.2, 0.25) is 5.43 Å². The average Bonchev–Trinajstić information content (AvgIpc) is 3.61. The molecule has 1 saturated heterocycles. The molecule has 0 atom stereocenters. The van der Waals surface area contributed by atoms with Crippen LogP contribution in [-0.4, -0.2) is 49.2 Å². The van der Waals surface area contributed by atoms with Crippen LogP contribution in [0.1, 0.15) is 10.4 Å². The lowest BCUT2D eigenvalue weighted by Gasteiger charge is -2.27. The van der Waals surface area contributed by atoms with E-state index in [0.717, 1.165) is 22.2 Å². The molecule has 0 N–H and O–H groups in total. The monoisotopic (exact) mass is 493 g/mol. The van der Waals surface area contributed by atoms with Crippen molar-refractivity contribution >= 4 is 55.7 Å². The van der Waals surface area contributed by atoms with Crippen LogP contribution < -0.4 is 10.3 Å². The molecule has 6 rings (SSSR count). The molecule has 5 heterocycles. The second kappa shape index (κ2) is 8.39. The molecule has 0 radical (unpaired) electrons. The minimum Gasteiger partial charge on any atom is -0.465 e. The Labute approximate surface area is 201 Å². The third kappa shape index (κ3) is 3.42. The fourth-order valence-electron chi connectivity index (χ4n) is 4.17. The summed E-state index contributed by atoms with van der Waals surface area (Å²) in [5.41, 5.74) is 4.10. The number of carbonyl (C=O) groups is 1. The summed E-state index contributed by atoms with van der Waals surface area (Å²) in [6.45, 7) is 2.57. The molecule has 0 spiro atoms. The summed E-state index contributed by atoms with van der Waals surface area (Å²) in [4.78, 5) is 27.1. The molecule has 34 heavy (non-hydrogen) atoms. The zero-order valence-electron chi connectivity index (χ0n) is 18.1. The number of rotatable bonds is 4. The van der Waals surface area contributed by atoms with Crippen molar-refractivity contribution < 1.29 is 18.7 Å². The second-order valence-corrected chi connectivity index (χ2v) is 9.46. The van der Waals surface area contributed by atoms with E-state index >= 15 is 0 Å². The van der Waals surface area contributed by atoms with Gasteiger partial charge in [-0.15, -0.1) is 22.7 Å². The van der Waals surface area contributed by atoms with E-state index in [1.54, 1.807) is 16.8 Å². The van der Waals surface area contributed by atoms with Gasteiger partial charge in [0.15, 0.2) is 11.5 Å². The molecule has 0 amide bonds. The Morgan fingerprint density at radius 2 is 2.00 bits per heavy atom. The standard InChI is InChI=1S/C24H19N3O5S2/c1-30-24(29)15-4-2-3-14-10-27(25-21(14)15)18-13-33-11-16(18)17-12-34-23-19(28)9-20(32-22(17)23)26-5-7-31-8-6-26/h2-4,9-13H,5-8H2,1H3. The van der Waals surface area contributed by atoms with E-state index in [9.17, 15) is 9.59 Å². The van der Waals surface area contributed by atoms with Crippen molar-refractivity contribution in [1.29, 1.82) is 0 Å². The van der Waals surface area contributed by atoms with E-state index in [-0.39, 0.29) is 5.43 Å². The van der Waals surface area contributed by atoms with E-state index < -0.39 is 5.97 Å². The van der Waals surface area contributed by atoms with Crippen LogP contribution >= 0.6 is 22.7 Å². The predicted octanol–water partition coefficient (Wildman–Crippen LogP) is 4.55. The van der Waals surface area contributed by atoms with E-state index in [4.69, 9.17) is 19.0 Å². The maximum absolute atomic E-state index is 12.9. The van der Waals surface area contributed by atoms with Crippen molar-refractivity contribution in [3.05, 3.63) is 62.4 Å². The Morgan fingerprint density at radius 3 is 2.82 bits per heavy atom. The van der Waals surface area contributed by atoms with Gasteiger partial charge in [-0.3, -0.25) is 4.79 Å². The van der Waals surface area contributed by atoms with Gasteiger partial charge in [0.25, 0.3) is 0 Å². The number of ether oxygens (including phenoxy) is 2. The number of hydrogen-bond acceptors (Lipinski definition) is 9. The molecule has 4 aromatic heterocycles. The first-order valence-electron chi connectivity index (χ1n) is 10.7. The van der Waals surface area contributed by atoms with Crippen molar-refractivity contribution in [1.82, 2.24) is 9.78 Å². The van der Waals surface area contributed by atoms with Gasteiger partial charge in [0.05, 0.1) is 31.6 Å². The van der Waals surface area contributed by atoms with Gasteiger partial charge in [-0.2, -0.15) is 5.10 Å². The van der Waals surface area contributed by atoms with Gasteiger partial charge in [0, 0.05) is 58.0 Å². The topological polar surface area (TPSA) is 86.8 Å². The van der Waals surface area contributed by atoms with Crippen LogP contribution in [-0.2, 0) is 9.47 Å². The van der Waals surface area contributed by atoms with Gasteiger partial charge in [-0.25, -0.2) is 9.48 Å². The van der Waals surface area contributed by atoms with Crippen molar-refractivity contribution in [2.75, 3.05) is 38.3 Å². The number of fused-ring (bicyclic) bond motifs is 2. The molecule has 1 aromatic carbocycles. The number of thiophene rings is 2. The maximum Gasteiger partial charge on any atom is 0.340 e. The number of esters is 1. The molecule has 8 nitrogen and oxygen atoms in total. The lowest BCUT2D eigenvalue weighted by atomic mass is 10.1. The van der Waals surface area contributed by atoms with Crippen LogP contribution in [0.25, 0.3) is 38.0 Å². The summed E-state index contributed by atoms with van der Waals surface area (Å²) in [6.07, 6.45) is 1.89. The fourth-order valence-corrected chi connectivity index (χ4v) is 5.89. The molecule has 1 aliphatic heterocycles. The van der Waals surface area contributed by atoms with Crippen LogP contribution in [0.5, 0.6) is 0 Å². The molecule has 0 aliphatic carbocycles. The molecule has 0 saturated carbocycles. The Morgan fingerprint density at radius 1 is 1.15 bits per heavy atom. The Bertz CT molecular complexity index is 1590. The van der Waals surface area contributed by atoms with Crippen molar-refractivity contribution in [3.63, 3.8) is 0 Å². The third-order valence-corrected chi connectivity index (χ3v) is 7.58. The summed E-state index contributed by atoms with van der Waals surface area (Å²) in [7, 11) is 1.36. The maximum atomic E-state index is 12.9. The number of carbonyl (C=O) groups excluding carboxylic acids is 1. The first-order valence-corrected chi connectivity index (χ1v) is 12.5. The quantitative estimate of drug-likeness (QED) is 0.340. The summed E-state index contributed by atoms with van der Waals surface area (Å²) in [6, 6.07) is 6.99. The van der Waals surface area contributed by atoms with E-state index in [1.165, 1.54) is 29.8 Å². The molecule has 0 bridgehead atoms. The first-order chi connectivity index (χ1) is 16.6. The van der Waals surface area contributed by atoms with Crippen LogP contribution in [0.4, 0.5) is 5.88 Å². The average molecular weight is 494 g/mol.